The van der Waals surface area contributed by atoms with Gasteiger partial charge in [0.2, 0.25) is 0 Å². The molecule has 0 spiro atoms. The number of anilines is 1. The van der Waals surface area contributed by atoms with Gasteiger partial charge in [0.25, 0.3) is 0 Å². The summed E-state index contributed by atoms with van der Waals surface area (Å²) in [5.41, 5.74) is 4.75. The van der Waals surface area contributed by atoms with E-state index in [1.807, 2.05) is 7.05 Å². The molecule has 0 radical (unpaired) electrons. The van der Waals surface area contributed by atoms with Crippen LogP contribution in [-0.2, 0) is 11.3 Å². The highest BCUT2D eigenvalue weighted by Gasteiger charge is 2.13. The zero-order valence-corrected chi connectivity index (χ0v) is 12.1. The van der Waals surface area contributed by atoms with Crippen LogP contribution in [-0.4, -0.2) is 30.3 Å². The fourth-order valence-electron chi connectivity index (χ4n) is 2.10. The SMILES string of the molecule is CNc1nc(-c2cc(C)n(CCOC)c2C)cs1. The van der Waals surface area contributed by atoms with Crippen molar-refractivity contribution < 1.29 is 4.74 Å². The summed E-state index contributed by atoms with van der Waals surface area (Å²) in [7, 11) is 3.62. The Morgan fingerprint density at radius 2 is 2.22 bits per heavy atom. The number of nitrogens with one attached hydrogen (secondary N) is 1. The van der Waals surface area contributed by atoms with Gasteiger partial charge in [0.05, 0.1) is 12.3 Å². The number of hydrogen-bond donors (Lipinski definition) is 1. The fraction of sp³-hybridized carbons (Fsp3) is 0.462. The van der Waals surface area contributed by atoms with Crippen molar-refractivity contribution in [2.75, 3.05) is 26.1 Å². The van der Waals surface area contributed by atoms with Crippen LogP contribution in [0.25, 0.3) is 11.3 Å². The van der Waals surface area contributed by atoms with Gasteiger partial charge < -0.3 is 14.6 Å². The Balaban J connectivity index is 2.34. The smallest absolute Gasteiger partial charge is 0.182 e. The molecule has 0 aliphatic rings. The first-order valence-electron chi connectivity index (χ1n) is 5.96. The standard InChI is InChI=1S/C13H19N3OS/c1-9-7-11(10(2)16(9)5-6-17-4)12-8-18-13(14-3)15-12/h7-8H,5-6H2,1-4H3,(H,14,15). The molecule has 0 aliphatic heterocycles. The van der Waals surface area contributed by atoms with Gasteiger partial charge in [-0.25, -0.2) is 4.98 Å². The maximum absolute atomic E-state index is 5.15. The zero-order chi connectivity index (χ0) is 13.1. The average molecular weight is 265 g/mol. The molecule has 18 heavy (non-hydrogen) atoms. The number of aryl methyl sites for hydroxylation is 1. The van der Waals surface area contributed by atoms with E-state index in [-0.39, 0.29) is 0 Å². The second kappa shape index (κ2) is 5.54. The minimum atomic E-state index is 0.731. The molecule has 0 aliphatic carbocycles. The van der Waals surface area contributed by atoms with Crippen LogP contribution in [0.4, 0.5) is 5.13 Å². The molecular weight excluding hydrogens is 246 g/mol. The maximum Gasteiger partial charge on any atom is 0.182 e. The van der Waals surface area contributed by atoms with E-state index < -0.39 is 0 Å². The Hall–Kier alpha value is -1.33. The van der Waals surface area contributed by atoms with E-state index in [1.165, 1.54) is 17.0 Å². The molecule has 0 amide bonds. The third-order valence-corrected chi connectivity index (χ3v) is 3.95. The molecule has 0 bridgehead atoms. The summed E-state index contributed by atoms with van der Waals surface area (Å²) in [6.45, 7) is 5.87. The Morgan fingerprint density at radius 3 is 2.83 bits per heavy atom. The summed E-state index contributed by atoms with van der Waals surface area (Å²) in [5.74, 6) is 0. The van der Waals surface area contributed by atoms with Gasteiger partial charge in [-0.1, -0.05) is 0 Å². The second-order valence-electron chi connectivity index (χ2n) is 4.22. The highest BCUT2D eigenvalue weighted by Crippen LogP contribution is 2.29. The highest BCUT2D eigenvalue weighted by molar-refractivity contribution is 7.14. The number of hydrogen-bond acceptors (Lipinski definition) is 4. The van der Waals surface area contributed by atoms with Crippen LogP contribution in [0.5, 0.6) is 0 Å². The highest BCUT2D eigenvalue weighted by atomic mass is 32.1. The van der Waals surface area contributed by atoms with Crippen LogP contribution in [0.3, 0.4) is 0 Å². The molecule has 98 valence electrons. The molecule has 2 rings (SSSR count). The number of nitrogens with zero attached hydrogens (tertiary/aromatic N) is 2. The normalized spacial score (nSPS) is 10.9. The van der Waals surface area contributed by atoms with Crippen LogP contribution in [0, 0.1) is 13.8 Å². The molecule has 0 aromatic carbocycles. The van der Waals surface area contributed by atoms with Gasteiger partial charge >= 0.3 is 0 Å². The number of methoxy groups -OCH3 is 1. The van der Waals surface area contributed by atoms with Crippen LogP contribution in [0.15, 0.2) is 11.4 Å². The predicted molar refractivity (Wildman–Crippen MR) is 76.4 cm³/mol. The lowest BCUT2D eigenvalue weighted by atomic mass is 10.2. The Bertz CT molecular complexity index is 530. The topological polar surface area (TPSA) is 39.1 Å². The van der Waals surface area contributed by atoms with Crippen LogP contribution < -0.4 is 5.32 Å². The minimum Gasteiger partial charge on any atom is -0.383 e. The van der Waals surface area contributed by atoms with Gasteiger partial charge in [0, 0.05) is 43.0 Å². The molecule has 0 unspecified atom stereocenters. The molecule has 2 aromatic rings. The van der Waals surface area contributed by atoms with E-state index in [1.54, 1.807) is 18.4 Å². The lowest BCUT2D eigenvalue weighted by Crippen LogP contribution is -2.07. The van der Waals surface area contributed by atoms with Crippen molar-refractivity contribution in [3.05, 3.63) is 22.8 Å². The largest absolute Gasteiger partial charge is 0.383 e. The van der Waals surface area contributed by atoms with E-state index in [9.17, 15) is 0 Å². The van der Waals surface area contributed by atoms with E-state index in [2.05, 4.69) is 40.2 Å². The van der Waals surface area contributed by atoms with E-state index >= 15 is 0 Å². The lowest BCUT2D eigenvalue weighted by Gasteiger charge is -2.08. The molecular formula is C13H19N3OS. The Kier molecular flexibility index (Phi) is 4.04. The van der Waals surface area contributed by atoms with E-state index in [0.717, 1.165) is 24.0 Å². The summed E-state index contributed by atoms with van der Waals surface area (Å²) in [4.78, 5) is 4.56. The van der Waals surface area contributed by atoms with Crippen molar-refractivity contribution in [3.63, 3.8) is 0 Å². The number of thiazole rings is 1. The molecule has 0 fully saturated rings. The molecule has 1 N–H and O–H groups in total. The average Bonchev–Trinajstić information content (AvgIpc) is 2.93. The van der Waals surface area contributed by atoms with Crippen molar-refractivity contribution >= 4 is 16.5 Å². The summed E-state index contributed by atoms with van der Waals surface area (Å²) >= 11 is 1.63. The number of rotatable bonds is 5. The Morgan fingerprint density at radius 1 is 1.44 bits per heavy atom. The first-order valence-corrected chi connectivity index (χ1v) is 6.84. The predicted octanol–water partition coefficient (Wildman–Crippen LogP) is 2.92. The van der Waals surface area contributed by atoms with Crippen LogP contribution in [0.2, 0.25) is 0 Å². The van der Waals surface area contributed by atoms with Crippen LogP contribution >= 0.6 is 11.3 Å². The van der Waals surface area contributed by atoms with Crippen LogP contribution in [0.1, 0.15) is 11.4 Å². The van der Waals surface area contributed by atoms with Gasteiger partial charge in [-0.2, -0.15) is 0 Å². The van der Waals surface area contributed by atoms with Gasteiger partial charge in [-0.15, -0.1) is 11.3 Å². The monoisotopic (exact) mass is 265 g/mol. The Labute approximate surface area is 112 Å². The molecule has 4 nitrogen and oxygen atoms in total. The summed E-state index contributed by atoms with van der Waals surface area (Å²) < 4.78 is 7.42. The molecule has 2 heterocycles. The lowest BCUT2D eigenvalue weighted by molar-refractivity contribution is 0.186. The molecule has 2 aromatic heterocycles. The van der Waals surface area contributed by atoms with Crippen molar-refractivity contribution in [2.24, 2.45) is 0 Å². The summed E-state index contributed by atoms with van der Waals surface area (Å²) in [6.07, 6.45) is 0. The van der Waals surface area contributed by atoms with E-state index in [4.69, 9.17) is 4.74 Å². The first kappa shape index (κ1) is 13.1. The molecule has 5 heteroatoms. The fourth-order valence-corrected chi connectivity index (χ4v) is 2.77. The van der Waals surface area contributed by atoms with Gasteiger partial charge in [-0.05, 0) is 19.9 Å². The minimum absolute atomic E-state index is 0.731. The third kappa shape index (κ3) is 2.42. The second-order valence-corrected chi connectivity index (χ2v) is 5.08. The summed E-state index contributed by atoms with van der Waals surface area (Å²) in [5, 5.41) is 6.12. The third-order valence-electron chi connectivity index (χ3n) is 3.09. The quantitative estimate of drug-likeness (QED) is 0.903. The maximum atomic E-state index is 5.15. The van der Waals surface area contributed by atoms with Crippen molar-refractivity contribution in [3.8, 4) is 11.3 Å². The summed E-state index contributed by atoms with van der Waals surface area (Å²) in [6, 6.07) is 2.19. The number of aromatic nitrogens is 2. The zero-order valence-electron chi connectivity index (χ0n) is 11.3. The molecule has 0 atom stereocenters. The molecule has 0 saturated carbocycles. The number of ether oxygens (including phenoxy) is 1. The van der Waals surface area contributed by atoms with Gasteiger partial charge in [0.15, 0.2) is 5.13 Å². The van der Waals surface area contributed by atoms with E-state index in [0.29, 0.717) is 0 Å². The van der Waals surface area contributed by atoms with Crippen molar-refractivity contribution in [1.29, 1.82) is 0 Å². The van der Waals surface area contributed by atoms with Crippen molar-refractivity contribution in [2.45, 2.75) is 20.4 Å². The van der Waals surface area contributed by atoms with Gasteiger partial charge in [0.1, 0.15) is 0 Å². The first-order chi connectivity index (χ1) is 8.67. The molecule has 0 saturated heterocycles. The van der Waals surface area contributed by atoms with Crippen molar-refractivity contribution in [1.82, 2.24) is 9.55 Å². The van der Waals surface area contributed by atoms with Gasteiger partial charge in [-0.3, -0.25) is 0 Å².